The number of anilines is 1. The molecule has 3 heteroatoms. The third-order valence-electron chi connectivity index (χ3n) is 2.39. The monoisotopic (exact) mass is 215 g/mol. The minimum atomic E-state index is -0.510. The van der Waals surface area contributed by atoms with Crippen molar-refractivity contribution in [3.63, 3.8) is 0 Å². The molecule has 0 unspecified atom stereocenters. The zero-order valence-corrected chi connectivity index (χ0v) is 8.48. The summed E-state index contributed by atoms with van der Waals surface area (Å²) in [6.07, 6.45) is 0.529. The van der Waals surface area contributed by atoms with Crippen molar-refractivity contribution in [3.8, 4) is 11.1 Å². The summed E-state index contributed by atoms with van der Waals surface area (Å²) in [4.78, 5) is 10.8. The number of aldehydes is 1. The Morgan fingerprint density at radius 2 is 1.75 bits per heavy atom. The van der Waals surface area contributed by atoms with Crippen LogP contribution in [0.2, 0.25) is 0 Å². The SMILES string of the molecule is Nc1ccc(-c2cccc(F)c2C=O)cc1. The van der Waals surface area contributed by atoms with Crippen LogP contribution in [-0.2, 0) is 0 Å². The molecule has 0 aliphatic heterocycles. The second kappa shape index (κ2) is 4.14. The molecule has 2 aromatic carbocycles. The fraction of sp³-hybridized carbons (Fsp3) is 0. The normalized spacial score (nSPS) is 10.1. The molecule has 0 amide bonds. The number of carbonyl (C=O) groups excluding carboxylic acids is 1. The Balaban J connectivity index is 2.59. The Morgan fingerprint density at radius 3 is 2.38 bits per heavy atom. The van der Waals surface area contributed by atoms with Gasteiger partial charge in [-0.2, -0.15) is 0 Å². The summed E-state index contributed by atoms with van der Waals surface area (Å²) in [5, 5.41) is 0. The van der Waals surface area contributed by atoms with Gasteiger partial charge < -0.3 is 5.73 Å². The molecule has 0 saturated heterocycles. The first-order valence-electron chi connectivity index (χ1n) is 4.82. The Labute approximate surface area is 92.5 Å². The van der Waals surface area contributed by atoms with Crippen molar-refractivity contribution in [3.05, 3.63) is 53.8 Å². The number of hydrogen-bond acceptors (Lipinski definition) is 2. The van der Waals surface area contributed by atoms with E-state index in [1.807, 2.05) is 0 Å². The molecular formula is C13H10FNO. The highest BCUT2D eigenvalue weighted by Crippen LogP contribution is 2.25. The molecular weight excluding hydrogens is 205 g/mol. The van der Waals surface area contributed by atoms with Crippen molar-refractivity contribution in [2.75, 3.05) is 5.73 Å². The molecule has 0 fully saturated rings. The first kappa shape index (κ1) is 10.4. The lowest BCUT2D eigenvalue weighted by atomic mass is 10.00. The van der Waals surface area contributed by atoms with Gasteiger partial charge in [0.1, 0.15) is 5.82 Å². The second-order valence-electron chi connectivity index (χ2n) is 3.44. The lowest BCUT2D eigenvalue weighted by Gasteiger charge is -2.06. The molecule has 0 aliphatic carbocycles. The van der Waals surface area contributed by atoms with Crippen LogP contribution in [0.4, 0.5) is 10.1 Å². The van der Waals surface area contributed by atoms with Crippen LogP contribution >= 0.6 is 0 Å². The number of hydrogen-bond donors (Lipinski definition) is 1. The average Bonchev–Trinajstić information content (AvgIpc) is 2.30. The lowest BCUT2D eigenvalue weighted by Crippen LogP contribution is -1.92. The molecule has 2 nitrogen and oxygen atoms in total. The third-order valence-corrected chi connectivity index (χ3v) is 2.39. The summed E-state index contributed by atoms with van der Waals surface area (Å²) < 4.78 is 13.4. The molecule has 0 saturated carbocycles. The number of halogens is 1. The molecule has 0 heterocycles. The van der Waals surface area contributed by atoms with Crippen molar-refractivity contribution >= 4 is 12.0 Å². The Kier molecular flexibility index (Phi) is 2.68. The highest BCUT2D eigenvalue weighted by molar-refractivity contribution is 5.88. The zero-order chi connectivity index (χ0) is 11.5. The van der Waals surface area contributed by atoms with Crippen molar-refractivity contribution < 1.29 is 9.18 Å². The van der Waals surface area contributed by atoms with Gasteiger partial charge in [-0.1, -0.05) is 24.3 Å². The van der Waals surface area contributed by atoms with E-state index in [4.69, 9.17) is 5.73 Å². The minimum absolute atomic E-state index is 0.0762. The number of nitrogens with two attached hydrogens (primary N) is 1. The molecule has 0 bridgehead atoms. The number of carbonyl (C=O) groups is 1. The molecule has 2 aromatic rings. The second-order valence-corrected chi connectivity index (χ2v) is 3.44. The van der Waals surface area contributed by atoms with Crippen molar-refractivity contribution in [1.29, 1.82) is 0 Å². The maximum atomic E-state index is 13.4. The summed E-state index contributed by atoms with van der Waals surface area (Å²) in [5.74, 6) is -0.510. The minimum Gasteiger partial charge on any atom is -0.399 e. The first-order chi connectivity index (χ1) is 7.72. The Hall–Kier alpha value is -2.16. The van der Waals surface area contributed by atoms with E-state index in [1.165, 1.54) is 6.07 Å². The topological polar surface area (TPSA) is 43.1 Å². The van der Waals surface area contributed by atoms with Gasteiger partial charge in [0.2, 0.25) is 0 Å². The van der Waals surface area contributed by atoms with E-state index < -0.39 is 5.82 Å². The van der Waals surface area contributed by atoms with Gasteiger partial charge in [0.25, 0.3) is 0 Å². The maximum absolute atomic E-state index is 13.4. The summed E-state index contributed by atoms with van der Waals surface area (Å²) >= 11 is 0. The molecule has 0 radical (unpaired) electrons. The van der Waals surface area contributed by atoms with Gasteiger partial charge in [0.05, 0.1) is 5.56 Å². The average molecular weight is 215 g/mol. The van der Waals surface area contributed by atoms with E-state index in [9.17, 15) is 9.18 Å². The summed E-state index contributed by atoms with van der Waals surface area (Å²) in [5.41, 5.74) is 7.62. The maximum Gasteiger partial charge on any atom is 0.153 e. The van der Waals surface area contributed by atoms with Gasteiger partial charge >= 0.3 is 0 Å². The molecule has 0 aliphatic rings. The molecule has 2 rings (SSSR count). The van der Waals surface area contributed by atoms with Gasteiger partial charge in [0, 0.05) is 5.69 Å². The van der Waals surface area contributed by atoms with Crippen LogP contribution in [0.15, 0.2) is 42.5 Å². The quantitative estimate of drug-likeness (QED) is 0.618. The number of rotatable bonds is 2. The summed E-state index contributed by atoms with van der Waals surface area (Å²) in [6.45, 7) is 0. The van der Waals surface area contributed by atoms with Gasteiger partial charge in [0.15, 0.2) is 6.29 Å². The zero-order valence-electron chi connectivity index (χ0n) is 8.48. The van der Waals surface area contributed by atoms with E-state index in [2.05, 4.69) is 0 Å². The standard InChI is InChI=1S/C13H10FNO/c14-13-3-1-2-11(12(13)8-16)9-4-6-10(15)7-5-9/h1-8H,15H2. The lowest BCUT2D eigenvalue weighted by molar-refractivity contribution is 0.112. The van der Waals surface area contributed by atoms with E-state index in [-0.39, 0.29) is 5.56 Å². The van der Waals surface area contributed by atoms with E-state index in [0.717, 1.165) is 5.56 Å². The highest BCUT2D eigenvalue weighted by Gasteiger charge is 2.08. The van der Waals surface area contributed by atoms with Crippen molar-refractivity contribution in [2.45, 2.75) is 0 Å². The van der Waals surface area contributed by atoms with Crippen molar-refractivity contribution in [1.82, 2.24) is 0 Å². The van der Waals surface area contributed by atoms with E-state index >= 15 is 0 Å². The van der Waals surface area contributed by atoms with Crippen LogP contribution in [0.1, 0.15) is 10.4 Å². The van der Waals surface area contributed by atoms with Crippen molar-refractivity contribution in [2.24, 2.45) is 0 Å². The number of nitrogen functional groups attached to an aromatic ring is 1. The molecule has 0 spiro atoms. The van der Waals surface area contributed by atoms with Gasteiger partial charge in [-0.05, 0) is 29.3 Å². The molecule has 0 aromatic heterocycles. The largest absolute Gasteiger partial charge is 0.399 e. The van der Waals surface area contributed by atoms with E-state index in [0.29, 0.717) is 17.5 Å². The van der Waals surface area contributed by atoms with E-state index in [1.54, 1.807) is 36.4 Å². The fourth-order valence-corrected chi connectivity index (χ4v) is 1.57. The van der Waals surface area contributed by atoms with Crippen LogP contribution in [0.3, 0.4) is 0 Å². The Morgan fingerprint density at radius 1 is 1.06 bits per heavy atom. The van der Waals surface area contributed by atoms with Gasteiger partial charge in [-0.15, -0.1) is 0 Å². The highest BCUT2D eigenvalue weighted by atomic mass is 19.1. The van der Waals surface area contributed by atoms with Gasteiger partial charge in [-0.25, -0.2) is 4.39 Å². The van der Waals surface area contributed by atoms with Crippen LogP contribution in [0, 0.1) is 5.82 Å². The van der Waals surface area contributed by atoms with Crippen LogP contribution in [0.5, 0.6) is 0 Å². The van der Waals surface area contributed by atoms with Crippen LogP contribution in [0.25, 0.3) is 11.1 Å². The molecule has 80 valence electrons. The Bertz CT molecular complexity index is 520. The number of benzene rings is 2. The van der Waals surface area contributed by atoms with Crippen LogP contribution < -0.4 is 5.73 Å². The predicted molar refractivity (Wildman–Crippen MR) is 61.6 cm³/mol. The molecule has 0 atom stereocenters. The third kappa shape index (κ3) is 1.80. The summed E-state index contributed by atoms with van der Waals surface area (Å²) in [7, 11) is 0. The smallest absolute Gasteiger partial charge is 0.153 e. The van der Waals surface area contributed by atoms with Crippen LogP contribution in [-0.4, -0.2) is 6.29 Å². The molecule has 16 heavy (non-hydrogen) atoms. The fourth-order valence-electron chi connectivity index (χ4n) is 1.57. The first-order valence-corrected chi connectivity index (χ1v) is 4.82. The predicted octanol–water partition coefficient (Wildman–Crippen LogP) is 2.89. The molecule has 2 N–H and O–H groups in total. The summed E-state index contributed by atoms with van der Waals surface area (Å²) in [6, 6.07) is 11.5. The van der Waals surface area contributed by atoms with Gasteiger partial charge in [-0.3, -0.25) is 4.79 Å².